The van der Waals surface area contributed by atoms with Gasteiger partial charge in [-0.05, 0) is 93.6 Å². The fourth-order valence-corrected chi connectivity index (χ4v) is 8.57. The molecule has 7 aromatic carbocycles. The van der Waals surface area contributed by atoms with Crippen LogP contribution in [0.5, 0.6) is 0 Å². The molecule has 9 rings (SSSR count). The summed E-state index contributed by atoms with van der Waals surface area (Å²) in [6.07, 6.45) is 6.50. The highest BCUT2D eigenvalue weighted by Crippen LogP contribution is 2.48. The van der Waals surface area contributed by atoms with E-state index < -0.39 is 0 Å². The van der Waals surface area contributed by atoms with Gasteiger partial charge in [0.25, 0.3) is 0 Å². The normalized spacial score (nSPS) is 14.0. The number of anilines is 3. The van der Waals surface area contributed by atoms with E-state index in [-0.39, 0.29) is 5.41 Å². The van der Waals surface area contributed by atoms with Gasteiger partial charge in [-0.2, -0.15) is 0 Å². The molecule has 0 aliphatic heterocycles. The Kier molecular flexibility index (Phi) is 8.19. The minimum Gasteiger partial charge on any atom is -0.456 e. The molecule has 0 saturated heterocycles. The summed E-state index contributed by atoms with van der Waals surface area (Å²) in [6.45, 7) is 6.83. The van der Waals surface area contributed by atoms with Gasteiger partial charge in [-0.25, -0.2) is 0 Å². The Morgan fingerprint density at radius 1 is 0.538 bits per heavy atom. The summed E-state index contributed by atoms with van der Waals surface area (Å²) in [5, 5.41) is 4.95. The molecule has 1 fully saturated rings. The van der Waals surface area contributed by atoms with Crippen LogP contribution in [0.2, 0.25) is 0 Å². The van der Waals surface area contributed by atoms with Crippen molar-refractivity contribution in [3.05, 3.63) is 163 Å². The number of nitrogens with zero attached hydrogens (tertiary/aromatic N) is 1. The van der Waals surface area contributed by atoms with E-state index in [4.69, 9.17) is 4.42 Å². The van der Waals surface area contributed by atoms with Gasteiger partial charge in [0.05, 0.1) is 11.4 Å². The average molecular weight is 676 g/mol. The van der Waals surface area contributed by atoms with Gasteiger partial charge in [0.1, 0.15) is 11.2 Å². The molecule has 256 valence electrons. The minimum atomic E-state index is 0.0841. The maximum atomic E-state index is 6.32. The van der Waals surface area contributed by atoms with Gasteiger partial charge < -0.3 is 9.32 Å². The molecule has 0 unspecified atom stereocenters. The number of fused-ring (bicyclic) bond motifs is 4. The second kappa shape index (κ2) is 13.2. The van der Waals surface area contributed by atoms with Crippen LogP contribution >= 0.6 is 0 Å². The van der Waals surface area contributed by atoms with Crippen LogP contribution in [0, 0.1) is 0 Å². The molecule has 1 saturated carbocycles. The van der Waals surface area contributed by atoms with Crippen molar-refractivity contribution in [2.24, 2.45) is 0 Å². The van der Waals surface area contributed by atoms with Crippen molar-refractivity contribution in [2.75, 3.05) is 4.90 Å². The zero-order valence-electron chi connectivity index (χ0n) is 30.4. The smallest absolute Gasteiger partial charge is 0.135 e. The Labute approximate surface area is 307 Å². The lowest BCUT2D eigenvalue weighted by Gasteiger charge is -2.31. The van der Waals surface area contributed by atoms with E-state index in [1.165, 1.54) is 76.3 Å². The van der Waals surface area contributed by atoms with E-state index in [1.807, 2.05) is 6.07 Å². The number of furan rings is 1. The summed E-state index contributed by atoms with van der Waals surface area (Å²) < 4.78 is 6.32. The van der Waals surface area contributed by atoms with Crippen molar-refractivity contribution < 1.29 is 4.42 Å². The molecule has 1 aromatic heterocycles. The number of rotatable bonds is 6. The van der Waals surface area contributed by atoms with E-state index in [0.29, 0.717) is 5.92 Å². The summed E-state index contributed by atoms with van der Waals surface area (Å²) in [5.74, 6) is 0.593. The van der Waals surface area contributed by atoms with Crippen LogP contribution in [0.25, 0.3) is 55.0 Å². The van der Waals surface area contributed by atoms with Crippen LogP contribution in [0.15, 0.2) is 156 Å². The first-order valence-corrected chi connectivity index (χ1v) is 19.0. The molecule has 1 heterocycles. The Morgan fingerprint density at radius 2 is 1.17 bits per heavy atom. The lowest BCUT2D eigenvalue weighted by Crippen LogP contribution is -2.13. The summed E-state index contributed by atoms with van der Waals surface area (Å²) in [7, 11) is 0. The predicted molar refractivity (Wildman–Crippen MR) is 221 cm³/mol. The fourth-order valence-electron chi connectivity index (χ4n) is 8.57. The van der Waals surface area contributed by atoms with E-state index in [9.17, 15) is 0 Å². The first-order valence-electron chi connectivity index (χ1n) is 19.0. The zero-order chi connectivity index (χ0) is 35.2. The number of benzene rings is 7. The van der Waals surface area contributed by atoms with E-state index in [2.05, 4.69) is 171 Å². The van der Waals surface area contributed by atoms with Crippen LogP contribution < -0.4 is 4.90 Å². The molecule has 8 aromatic rings. The maximum Gasteiger partial charge on any atom is 0.135 e. The second-order valence-electron chi connectivity index (χ2n) is 15.6. The topological polar surface area (TPSA) is 16.4 Å². The summed E-state index contributed by atoms with van der Waals surface area (Å²) in [4.78, 5) is 2.48. The standard InChI is InChI=1S/C50H45NO/c1-50(2,3)37-29-27-35(28-30-37)39-19-7-10-24-45(39)51(38-31-32-48-44(33-38)42-21-9-12-26-47(42)52-48)46-25-11-8-20-41(46)43-23-14-18-36-17-13-22-40(49(36)43)34-15-5-4-6-16-34/h7-14,17-34H,4-6,15-16H2,1-3H3. The van der Waals surface area contributed by atoms with E-state index >= 15 is 0 Å². The molecule has 0 radical (unpaired) electrons. The van der Waals surface area contributed by atoms with E-state index in [0.717, 1.165) is 39.0 Å². The van der Waals surface area contributed by atoms with Crippen molar-refractivity contribution in [3.8, 4) is 22.3 Å². The van der Waals surface area contributed by atoms with Crippen LogP contribution in [0.4, 0.5) is 17.1 Å². The third kappa shape index (κ3) is 5.77. The molecule has 1 aliphatic carbocycles. The SMILES string of the molecule is CC(C)(C)c1ccc(-c2ccccc2N(c2ccc3oc4ccccc4c3c2)c2ccccc2-c2cccc3cccc(C4CCCCC4)c23)cc1. The average Bonchev–Trinajstić information content (AvgIpc) is 3.56. The molecule has 0 spiro atoms. The Balaban J connectivity index is 1.30. The van der Waals surface area contributed by atoms with Crippen molar-refractivity contribution in [1.82, 2.24) is 0 Å². The monoisotopic (exact) mass is 675 g/mol. The molecule has 2 heteroatoms. The largest absolute Gasteiger partial charge is 0.456 e. The van der Waals surface area contributed by atoms with Gasteiger partial charge >= 0.3 is 0 Å². The Hall–Kier alpha value is -5.60. The van der Waals surface area contributed by atoms with Crippen LogP contribution in [0.1, 0.15) is 69.9 Å². The number of hydrogen-bond donors (Lipinski definition) is 0. The molecule has 2 nitrogen and oxygen atoms in total. The lowest BCUT2D eigenvalue weighted by molar-refractivity contribution is 0.445. The number of para-hydroxylation sites is 3. The summed E-state index contributed by atoms with van der Waals surface area (Å²) in [5.41, 5.74) is 13.0. The lowest BCUT2D eigenvalue weighted by atomic mass is 9.80. The van der Waals surface area contributed by atoms with Crippen molar-refractivity contribution in [1.29, 1.82) is 0 Å². The quantitative estimate of drug-likeness (QED) is 0.174. The van der Waals surface area contributed by atoms with Gasteiger partial charge in [-0.15, -0.1) is 0 Å². The second-order valence-corrected chi connectivity index (χ2v) is 15.6. The highest BCUT2D eigenvalue weighted by Gasteiger charge is 2.25. The van der Waals surface area contributed by atoms with Crippen molar-refractivity contribution >= 4 is 49.8 Å². The van der Waals surface area contributed by atoms with Crippen LogP contribution in [0.3, 0.4) is 0 Å². The van der Waals surface area contributed by atoms with Gasteiger partial charge in [0, 0.05) is 27.6 Å². The van der Waals surface area contributed by atoms with Gasteiger partial charge in [0.2, 0.25) is 0 Å². The minimum absolute atomic E-state index is 0.0841. The molecule has 52 heavy (non-hydrogen) atoms. The number of hydrogen-bond acceptors (Lipinski definition) is 2. The molecule has 0 N–H and O–H groups in total. The first-order chi connectivity index (χ1) is 25.4. The van der Waals surface area contributed by atoms with E-state index in [1.54, 1.807) is 0 Å². The van der Waals surface area contributed by atoms with Gasteiger partial charge in [0.15, 0.2) is 0 Å². The molecule has 0 amide bonds. The maximum absolute atomic E-state index is 6.32. The molecule has 1 aliphatic rings. The van der Waals surface area contributed by atoms with Crippen LogP contribution in [-0.4, -0.2) is 0 Å². The van der Waals surface area contributed by atoms with Crippen molar-refractivity contribution in [3.63, 3.8) is 0 Å². The Morgan fingerprint density at radius 3 is 1.94 bits per heavy atom. The predicted octanol–water partition coefficient (Wildman–Crippen LogP) is 14.9. The third-order valence-corrected chi connectivity index (χ3v) is 11.2. The zero-order valence-corrected chi connectivity index (χ0v) is 30.4. The highest BCUT2D eigenvalue weighted by molar-refractivity contribution is 6.08. The van der Waals surface area contributed by atoms with Crippen molar-refractivity contribution in [2.45, 2.75) is 64.2 Å². The third-order valence-electron chi connectivity index (χ3n) is 11.2. The highest BCUT2D eigenvalue weighted by atomic mass is 16.3. The van der Waals surface area contributed by atoms with Gasteiger partial charge in [-0.1, -0.05) is 155 Å². The summed E-state index contributed by atoms with van der Waals surface area (Å²) >= 11 is 0. The molecular weight excluding hydrogens is 631 g/mol. The molecular formula is C50H45NO. The van der Waals surface area contributed by atoms with Gasteiger partial charge in [-0.3, -0.25) is 0 Å². The molecule has 0 bridgehead atoms. The summed E-state index contributed by atoms with van der Waals surface area (Å²) in [6, 6.07) is 55.9. The van der Waals surface area contributed by atoms with Crippen LogP contribution in [-0.2, 0) is 5.41 Å². The Bertz CT molecular complexity index is 2540. The fraction of sp³-hybridized carbons (Fsp3) is 0.200. The molecule has 0 atom stereocenters. The first kappa shape index (κ1) is 32.3.